The highest BCUT2D eigenvalue weighted by molar-refractivity contribution is 7.99. The number of nitrogens with zero attached hydrogens (tertiary/aromatic N) is 3. The van der Waals surface area contributed by atoms with Crippen LogP contribution in [0.5, 0.6) is 0 Å². The molecule has 1 unspecified atom stereocenters. The Morgan fingerprint density at radius 1 is 1.47 bits per heavy atom. The number of fused-ring (bicyclic) bond motifs is 1. The Hall–Kier alpha value is -1.50. The molecular weight excluding hydrogens is 260 g/mol. The first-order valence-electron chi connectivity index (χ1n) is 6.66. The van der Waals surface area contributed by atoms with E-state index in [0.717, 1.165) is 29.1 Å². The highest BCUT2D eigenvalue weighted by Gasteiger charge is 2.16. The van der Waals surface area contributed by atoms with Crippen LogP contribution in [0, 0.1) is 0 Å². The van der Waals surface area contributed by atoms with Gasteiger partial charge in [-0.05, 0) is 25.5 Å². The van der Waals surface area contributed by atoms with Gasteiger partial charge in [0, 0.05) is 18.3 Å². The number of hydrogen-bond acceptors (Lipinski definition) is 6. The van der Waals surface area contributed by atoms with Gasteiger partial charge >= 0.3 is 0 Å². The molecule has 1 atom stereocenters. The van der Waals surface area contributed by atoms with E-state index in [-0.39, 0.29) is 0 Å². The summed E-state index contributed by atoms with van der Waals surface area (Å²) in [5.74, 6) is 3.93. The van der Waals surface area contributed by atoms with Gasteiger partial charge in [-0.2, -0.15) is 26.8 Å². The Kier molecular flexibility index (Phi) is 3.72. The van der Waals surface area contributed by atoms with Crippen molar-refractivity contribution in [3.8, 4) is 0 Å². The fourth-order valence-electron chi connectivity index (χ4n) is 2.23. The van der Waals surface area contributed by atoms with Crippen LogP contribution in [0.1, 0.15) is 19.8 Å². The Labute approximate surface area is 116 Å². The van der Waals surface area contributed by atoms with Crippen molar-refractivity contribution in [3.63, 3.8) is 0 Å². The summed E-state index contributed by atoms with van der Waals surface area (Å²) in [5, 5.41) is 14.6. The van der Waals surface area contributed by atoms with Crippen molar-refractivity contribution in [2.24, 2.45) is 0 Å². The minimum atomic E-state index is 0.487. The Morgan fingerprint density at radius 3 is 3.21 bits per heavy atom. The van der Waals surface area contributed by atoms with Gasteiger partial charge in [-0.25, -0.2) is 0 Å². The van der Waals surface area contributed by atoms with Crippen LogP contribution in [0.2, 0.25) is 0 Å². The van der Waals surface area contributed by atoms with E-state index < -0.39 is 0 Å². The van der Waals surface area contributed by atoms with E-state index in [1.54, 1.807) is 6.20 Å². The number of rotatable bonds is 4. The molecule has 3 heterocycles. The normalized spacial score (nSPS) is 19.5. The first-order chi connectivity index (χ1) is 9.36. The van der Waals surface area contributed by atoms with Gasteiger partial charge in [0.25, 0.3) is 0 Å². The van der Waals surface area contributed by atoms with Crippen molar-refractivity contribution >= 4 is 34.6 Å². The summed E-state index contributed by atoms with van der Waals surface area (Å²) in [7, 11) is 0. The summed E-state index contributed by atoms with van der Waals surface area (Å²) in [6.45, 7) is 2.84. The minimum absolute atomic E-state index is 0.487. The Morgan fingerprint density at radius 2 is 2.42 bits per heavy atom. The maximum absolute atomic E-state index is 4.55. The molecule has 1 aliphatic heterocycles. The molecule has 2 aromatic heterocycles. The van der Waals surface area contributed by atoms with Crippen molar-refractivity contribution < 1.29 is 0 Å². The number of aromatic amines is 1. The van der Waals surface area contributed by atoms with Gasteiger partial charge in [-0.15, -0.1) is 0 Å². The fraction of sp³-hybridized carbons (Fsp3) is 0.583. The molecule has 0 aliphatic carbocycles. The molecule has 6 nitrogen and oxygen atoms in total. The third kappa shape index (κ3) is 2.75. The largest absolute Gasteiger partial charge is 0.366 e. The number of hydrogen-bond donors (Lipinski definition) is 3. The molecule has 0 aromatic carbocycles. The van der Waals surface area contributed by atoms with Crippen LogP contribution in [-0.4, -0.2) is 44.3 Å². The fourth-order valence-corrected chi connectivity index (χ4v) is 3.30. The van der Waals surface area contributed by atoms with Crippen molar-refractivity contribution in [2.75, 3.05) is 28.7 Å². The van der Waals surface area contributed by atoms with Gasteiger partial charge in [0.15, 0.2) is 5.65 Å². The van der Waals surface area contributed by atoms with E-state index in [4.69, 9.17) is 0 Å². The van der Waals surface area contributed by atoms with Crippen LogP contribution in [0.3, 0.4) is 0 Å². The quantitative estimate of drug-likeness (QED) is 0.795. The first kappa shape index (κ1) is 12.5. The number of thioether (sulfide) groups is 1. The smallest absolute Gasteiger partial charge is 0.226 e. The van der Waals surface area contributed by atoms with Crippen LogP contribution in [-0.2, 0) is 0 Å². The predicted molar refractivity (Wildman–Crippen MR) is 79.8 cm³/mol. The van der Waals surface area contributed by atoms with Crippen molar-refractivity contribution in [1.29, 1.82) is 0 Å². The van der Waals surface area contributed by atoms with Gasteiger partial charge in [-0.1, -0.05) is 0 Å². The van der Waals surface area contributed by atoms with Gasteiger partial charge < -0.3 is 10.6 Å². The lowest BCUT2D eigenvalue weighted by molar-refractivity contribution is 0.683. The molecule has 1 aliphatic rings. The third-order valence-corrected chi connectivity index (χ3v) is 4.36. The monoisotopic (exact) mass is 278 g/mol. The molecule has 3 N–H and O–H groups in total. The highest BCUT2D eigenvalue weighted by atomic mass is 32.2. The Bertz CT molecular complexity index is 548. The molecule has 7 heteroatoms. The van der Waals surface area contributed by atoms with Crippen LogP contribution >= 0.6 is 11.8 Å². The topological polar surface area (TPSA) is 78.5 Å². The zero-order valence-corrected chi connectivity index (χ0v) is 11.8. The molecule has 3 rings (SSSR count). The van der Waals surface area contributed by atoms with E-state index in [1.165, 1.54) is 18.6 Å². The van der Waals surface area contributed by atoms with Crippen molar-refractivity contribution in [2.45, 2.75) is 25.8 Å². The Balaban J connectivity index is 1.88. The van der Waals surface area contributed by atoms with E-state index in [1.807, 2.05) is 18.7 Å². The van der Waals surface area contributed by atoms with Crippen LogP contribution < -0.4 is 10.6 Å². The number of H-pyrrole nitrogens is 1. The molecule has 19 heavy (non-hydrogen) atoms. The SMILES string of the molecule is CCNc1nc(NC2CCCSC2)c2cn[nH]c2n1. The van der Waals surface area contributed by atoms with E-state index in [0.29, 0.717) is 12.0 Å². The molecule has 102 valence electrons. The lowest BCUT2D eigenvalue weighted by Gasteiger charge is -2.23. The highest BCUT2D eigenvalue weighted by Crippen LogP contribution is 2.24. The number of aromatic nitrogens is 4. The maximum atomic E-state index is 4.55. The van der Waals surface area contributed by atoms with Gasteiger partial charge in [0.1, 0.15) is 5.82 Å². The average molecular weight is 278 g/mol. The lowest BCUT2D eigenvalue weighted by atomic mass is 10.2. The number of anilines is 2. The van der Waals surface area contributed by atoms with E-state index >= 15 is 0 Å². The van der Waals surface area contributed by atoms with E-state index in [2.05, 4.69) is 30.8 Å². The second-order valence-electron chi connectivity index (χ2n) is 4.62. The standard InChI is InChI=1S/C12H18N6S/c1-2-13-12-16-10(9-6-14-18-11(9)17-12)15-8-4-3-5-19-7-8/h6,8H,2-5,7H2,1H3,(H3,13,14,15,16,17,18). The molecule has 0 bridgehead atoms. The summed E-state index contributed by atoms with van der Waals surface area (Å²) in [5.41, 5.74) is 0.775. The summed E-state index contributed by atoms with van der Waals surface area (Å²) >= 11 is 2.00. The molecule has 0 saturated carbocycles. The average Bonchev–Trinajstić information content (AvgIpc) is 2.89. The summed E-state index contributed by atoms with van der Waals surface area (Å²) < 4.78 is 0. The third-order valence-electron chi connectivity index (χ3n) is 3.15. The summed E-state index contributed by atoms with van der Waals surface area (Å²) in [6, 6.07) is 0.487. The van der Waals surface area contributed by atoms with Gasteiger partial charge in [0.05, 0.1) is 11.6 Å². The van der Waals surface area contributed by atoms with Crippen LogP contribution in [0.25, 0.3) is 11.0 Å². The lowest BCUT2D eigenvalue weighted by Crippen LogP contribution is -2.26. The summed E-state index contributed by atoms with van der Waals surface area (Å²) in [4.78, 5) is 8.95. The zero-order chi connectivity index (χ0) is 13.1. The molecule has 1 fully saturated rings. The second kappa shape index (κ2) is 5.64. The maximum Gasteiger partial charge on any atom is 0.226 e. The molecular formula is C12H18N6S. The summed E-state index contributed by atoms with van der Waals surface area (Å²) in [6.07, 6.45) is 4.25. The molecule has 2 aromatic rings. The van der Waals surface area contributed by atoms with Gasteiger partial charge in [0.2, 0.25) is 5.95 Å². The predicted octanol–water partition coefficient (Wildman–Crippen LogP) is 2.09. The van der Waals surface area contributed by atoms with Crippen molar-refractivity contribution in [3.05, 3.63) is 6.20 Å². The second-order valence-corrected chi connectivity index (χ2v) is 5.77. The molecule has 0 amide bonds. The molecule has 1 saturated heterocycles. The van der Waals surface area contributed by atoms with Gasteiger partial charge in [-0.3, -0.25) is 5.10 Å². The van der Waals surface area contributed by atoms with Crippen molar-refractivity contribution in [1.82, 2.24) is 20.2 Å². The first-order valence-corrected chi connectivity index (χ1v) is 7.81. The number of nitrogens with one attached hydrogen (secondary N) is 3. The van der Waals surface area contributed by atoms with Crippen LogP contribution in [0.15, 0.2) is 6.20 Å². The van der Waals surface area contributed by atoms with Crippen LogP contribution in [0.4, 0.5) is 11.8 Å². The minimum Gasteiger partial charge on any atom is -0.366 e. The van der Waals surface area contributed by atoms with E-state index in [9.17, 15) is 0 Å². The zero-order valence-electron chi connectivity index (χ0n) is 10.9. The molecule has 0 spiro atoms. The molecule has 0 radical (unpaired) electrons.